The zero-order valence-electron chi connectivity index (χ0n) is 11.2. The van der Waals surface area contributed by atoms with Gasteiger partial charge in [-0.3, -0.25) is 4.72 Å². The zero-order chi connectivity index (χ0) is 15.6. The summed E-state index contributed by atoms with van der Waals surface area (Å²) < 4.78 is 28.1. The lowest BCUT2D eigenvalue weighted by Crippen LogP contribution is -2.16. The van der Waals surface area contributed by atoms with Crippen molar-refractivity contribution in [3.8, 4) is 0 Å². The summed E-state index contributed by atoms with van der Waals surface area (Å²) in [7, 11) is -3.71. The predicted octanol–water partition coefficient (Wildman–Crippen LogP) is 3.67. The summed E-state index contributed by atoms with van der Waals surface area (Å²) in [6, 6.07) is 10.0. The molecule has 2 aromatic rings. The first-order chi connectivity index (χ1) is 9.86. The van der Waals surface area contributed by atoms with Crippen LogP contribution in [0.25, 0.3) is 0 Å². The molecule has 21 heavy (non-hydrogen) atoms. The largest absolute Gasteiger partial charge is 0.326 e. The Bertz CT molecular complexity index is 779. The molecule has 0 saturated carbocycles. The van der Waals surface area contributed by atoms with Gasteiger partial charge in [-0.05, 0) is 52.2 Å². The number of benzene rings is 2. The van der Waals surface area contributed by atoms with Crippen molar-refractivity contribution >= 4 is 43.2 Å². The van der Waals surface area contributed by atoms with Gasteiger partial charge in [-0.1, -0.05) is 29.8 Å². The Hall–Kier alpha value is -1.08. The Labute approximate surface area is 137 Å². The van der Waals surface area contributed by atoms with Crippen LogP contribution >= 0.6 is 27.5 Å². The van der Waals surface area contributed by atoms with Crippen LogP contribution in [0.5, 0.6) is 0 Å². The lowest BCUT2D eigenvalue weighted by Gasteiger charge is -2.14. The van der Waals surface area contributed by atoms with E-state index in [9.17, 15) is 8.42 Å². The van der Waals surface area contributed by atoms with Gasteiger partial charge in [0.1, 0.15) is 0 Å². The highest BCUT2D eigenvalue weighted by Crippen LogP contribution is 2.32. The second-order valence-electron chi connectivity index (χ2n) is 4.45. The summed E-state index contributed by atoms with van der Waals surface area (Å²) in [4.78, 5) is 0.206. The second-order valence-corrected chi connectivity index (χ2v) is 7.30. The van der Waals surface area contributed by atoms with Gasteiger partial charge in [0.05, 0.1) is 20.1 Å². The van der Waals surface area contributed by atoms with E-state index in [4.69, 9.17) is 17.3 Å². The summed E-state index contributed by atoms with van der Waals surface area (Å²) in [5, 5.41) is 0.433. The summed E-state index contributed by atoms with van der Waals surface area (Å²) in [5.74, 6) is 0. The third-order valence-electron chi connectivity index (χ3n) is 3.10. The molecule has 0 aromatic heterocycles. The number of nitrogens with two attached hydrogens (primary N) is 1. The van der Waals surface area contributed by atoms with E-state index in [2.05, 4.69) is 20.7 Å². The maximum absolute atomic E-state index is 12.5. The minimum atomic E-state index is -3.71. The number of halogens is 2. The first-order valence-corrected chi connectivity index (χ1v) is 8.77. The third-order valence-corrected chi connectivity index (χ3v) is 6.01. The molecule has 0 amide bonds. The minimum Gasteiger partial charge on any atom is -0.326 e. The van der Waals surface area contributed by atoms with Crippen molar-refractivity contribution in [3.05, 3.63) is 57.0 Å². The number of anilines is 1. The van der Waals surface area contributed by atoms with Crippen molar-refractivity contribution in [3.63, 3.8) is 0 Å². The van der Waals surface area contributed by atoms with Gasteiger partial charge >= 0.3 is 0 Å². The molecule has 7 heteroatoms. The SMILES string of the molecule is Cc1c(CN)cccc1S(=O)(=O)Nc1cccc(Cl)c1Br. The molecule has 0 atom stereocenters. The molecule has 0 saturated heterocycles. The molecular weight excluding hydrogens is 376 g/mol. The molecule has 2 aromatic carbocycles. The Balaban J connectivity index is 2.46. The molecule has 2 rings (SSSR count). The Kier molecular flexibility index (Phi) is 4.93. The molecule has 112 valence electrons. The van der Waals surface area contributed by atoms with Crippen LogP contribution in [0.3, 0.4) is 0 Å². The molecule has 0 aliphatic heterocycles. The molecule has 0 bridgehead atoms. The highest BCUT2D eigenvalue weighted by molar-refractivity contribution is 9.10. The molecule has 4 nitrogen and oxygen atoms in total. The van der Waals surface area contributed by atoms with E-state index in [0.717, 1.165) is 5.56 Å². The standard InChI is InChI=1S/C14H14BrClN2O2S/c1-9-10(8-17)4-2-7-13(9)21(19,20)18-12-6-3-5-11(16)14(12)15/h2-7,18H,8,17H2,1H3. The average molecular weight is 390 g/mol. The molecule has 0 heterocycles. The topological polar surface area (TPSA) is 72.2 Å². The Morgan fingerprint density at radius 1 is 1.24 bits per heavy atom. The van der Waals surface area contributed by atoms with E-state index in [1.54, 1.807) is 37.3 Å². The molecule has 0 radical (unpaired) electrons. The van der Waals surface area contributed by atoms with E-state index in [-0.39, 0.29) is 11.4 Å². The lowest BCUT2D eigenvalue weighted by molar-refractivity contribution is 0.600. The molecule has 0 fully saturated rings. The highest BCUT2D eigenvalue weighted by Gasteiger charge is 2.19. The second kappa shape index (κ2) is 6.36. The molecule has 0 unspecified atom stereocenters. The van der Waals surface area contributed by atoms with Gasteiger partial charge in [-0.2, -0.15) is 0 Å². The van der Waals surface area contributed by atoms with Crippen LogP contribution in [0.1, 0.15) is 11.1 Å². The summed E-state index contributed by atoms with van der Waals surface area (Å²) >= 11 is 9.24. The lowest BCUT2D eigenvalue weighted by atomic mass is 10.1. The van der Waals surface area contributed by atoms with Crippen molar-refractivity contribution < 1.29 is 8.42 Å². The molecular formula is C14H14BrClN2O2S. The van der Waals surface area contributed by atoms with E-state index in [0.29, 0.717) is 20.7 Å². The van der Waals surface area contributed by atoms with Crippen LogP contribution in [-0.2, 0) is 16.6 Å². The van der Waals surface area contributed by atoms with Crippen LogP contribution in [0.2, 0.25) is 5.02 Å². The fourth-order valence-corrected chi connectivity index (χ4v) is 3.99. The van der Waals surface area contributed by atoms with Crippen molar-refractivity contribution in [1.29, 1.82) is 0 Å². The summed E-state index contributed by atoms with van der Waals surface area (Å²) in [5.41, 5.74) is 7.45. The predicted molar refractivity (Wildman–Crippen MR) is 89.0 cm³/mol. The fraction of sp³-hybridized carbons (Fsp3) is 0.143. The number of hydrogen-bond acceptors (Lipinski definition) is 3. The van der Waals surface area contributed by atoms with Crippen LogP contribution in [0.15, 0.2) is 45.8 Å². The number of nitrogens with one attached hydrogen (secondary N) is 1. The maximum atomic E-state index is 12.5. The van der Waals surface area contributed by atoms with Crippen molar-refractivity contribution in [1.82, 2.24) is 0 Å². The maximum Gasteiger partial charge on any atom is 0.262 e. The van der Waals surface area contributed by atoms with E-state index in [1.165, 1.54) is 0 Å². The van der Waals surface area contributed by atoms with Gasteiger partial charge in [0, 0.05) is 6.54 Å². The quantitative estimate of drug-likeness (QED) is 0.838. The van der Waals surface area contributed by atoms with E-state index in [1.807, 2.05) is 6.07 Å². The average Bonchev–Trinajstić information content (AvgIpc) is 2.44. The smallest absolute Gasteiger partial charge is 0.262 e. The van der Waals surface area contributed by atoms with E-state index >= 15 is 0 Å². The third kappa shape index (κ3) is 3.40. The first kappa shape index (κ1) is 16.3. The number of sulfonamides is 1. The summed E-state index contributed by atoms with van der Waals surface area (Å²) in [6.45, 7) is 2.03. The molecule has 3 N–H and O–H groups in total. The van der Waals surface area contributed by atoms with Gasteiger partial charge in [0.25, 0.3) is 10.0 Å². The van der Waals surface area contributed by atoms with Gasteiger partial charge in [-0.25, -0.2) is 8.42 Å². The van der Waals surface area contributed by atoms with Gasteiger partial charge in [-0.15, -0.1) is 0 Å². The van der Waals surface area contributed by atoms with Crippen molar-refractivity contribution in [2.75, 3.05) is 4.72 Å². The van der Waals surface area contributed by atoms with Crippen molar-refractivity contribution in [2.45, 2.75) is 18.4 Å². The number of rotatable bonds is 4. The monoisotopic (exact) mass is 388 g/mol. The van der Waals surface area contributed by atoms with Gasteiger partial charge in [0.15, 0.2) is 0 Å². The van der Waals surface area contributed by atoms with Crippen LogP contribution in [0.4, 0.5) is 5.69 Å². The number of hydrogen-bond donors (Lipinski definition) is 2. The van der Waals surface area contributed by atoms with Crippen LogP contribution in [-0.4, -0.2) is 8.42 Å². The molecule has 0 aliphatic rings. The van der Waals surface area contributed by atoms with Crippen molar-refractivity contribution in [2.24, 2.45) is 5.73 Å². The summed E-state index contributed by atoms with van der Waals surface area (Å²) in [6.07, 6.45) is 0. The van der Waals surface area contributed by atoms with Gasteiger partial charge < -0.3 is 5.73 Å². The molecule has 0 aliphatic carbocycles. The highest BCUT2D eigenvalue weighted by atomic mass is 79.9. The Morgan fingerprint density at radius 2 is 1.90 bits per heavy atom. The molecule has 0 spiro atoms. The fourth-order valence-electron chi connectivity index (χ4n) is 1.95. The minimum absolute atomic E-state index is 0.206. The Morgan fingerprint density at radius 3 is 2.57 bits per heavy atom. The first-order valence-electron chi connectivity index (χ1n) is 6.12. The zero-order valence-corrected chi connectivity index (χ0v) is 14.4. The van der Waals surface area contributed by atoms with Crippen LogP contribution < -0.4 is 10.5 Å². The van der Waals surface area contributed by atoms with Crippen LogP contribution in [0, 0.1) is 6.92 Å². The van der Waals surface area contributed by atoms with Gasteiger partial charge in [0.2, 0.25) is 0 Å². The van der Waals surface area contributed by atoms with E-state index < -0.39 is 10.0 Å². The normalized spacial score (nSPS) is 11.4.